The van der Waals surface area contributed by atoms with Crippen LogP contribution in [0, 0.1) is 0 Å². The Kier molecular flexibility index (Phi) is 4.93. The van der Waals surface area contributed by atoms with Crippen molar-refractivity contribution in [2.45, 2.75) is 0 Å². The molecular weight excluding hydrogens is 268 g/mol. The zero-order valence-electron chi connectivity index (χ0n) is 12.6. The molecule has 0 saturated carbocycles. The third-order valence-corrected chi connectivity index (χ3v) is 9.84. The molecule has 106 valence electrons. The minimum absolute atomic E-state index is 1.70. The highest BCUT2D eigenvalue weighted by molar-refractivity contribution is 7.72. The van der Waals surface area contributed by atoms with Gasteiger partial charge in [-0.3, -0.25) is 0 Å². The van der Waals surface area contributed by atoms with E-state index >= 15 is 0 Å². The molecule has 0 unspecified atom stereocenters. The van der Waals surface area contributed by atoms with Crippen molar-refractivity contribution in [1.29, 1.82) is 0 Å². The van der Waals surface area contributed by atoms with E-state index in [2.05, 4.69) is 28.2 Å². The molecule has 0 amide bonds. The molecule has 0 spiro atoms. The van der Waals surface area contributed by atoms with E-state index in [1.165, 1.54) is 0 Å². The van der Waals surface area contributed by atoms with Crippen molar-refractivity contribution < 1.29 is 0 Å². The van der Waals surface area contributed by atoms with Crippen molar-refractivity contribution in [3.63, 3.8) is 0 Å². The Morgan fingerprint density at radius 2 is 1.06 bits per heavy atom. The summed E-state index contributed by atoms with van der Waals surface area (Å²) in [7, 11) is 12.2. The maximum absolute atomic E-state index is 5.10. The second-order valence-corrected chi connectivity index (χ2v) is 11.4. The number of nitrogens with zero attached hydrogens (tertiary/aromatic N) is 7. The van der Waals surface area contributed by atoms with Crippen LogP contribution >= 0.6 is 15.0 Å². The molecule has 9 heteroatoms. The standard InChI is InChI=1S/C9H25N7P2/c1-13(2)17(14(3)4)10-9-11-18(12-17,15(5)6)16(7)8/h9H,1-8H3. The molecule has 1 rings (SSSR count). The lowest BCUT2D eigenvalue weighted by atomic mass is 11.3. The summed E-state index contributed by atoms with van der Waals surface area (Å²) in [5.41, 5.74) is 0. The number of hydrogen-bond donors (Lipinski definition) is 0. The van der Waals surface area contributed by atoms with Crippen LogP contribution in [0.2, 0.25) is 0 Å². The van der Waals surface area contributed by atoms with E-state index < -0.39 is 15.0 Å². The Labute approximate surface area is 111 Å². The number of hydrogen-bond acceptors (Lipinski definition) is 7. The van der Waals surface area contributed by atoms with Gasteiger partial charge in [-0.1, -0.05) is 0 Å². The fourth-order valence-electron chi connectivity index (χ4n) is 1.82. The molecule has 0 saturated heterocycles. The quantitative estimate of drug-likeness (QED) is 0.745. The van der Waals surface area contributed by atoms with Crippen LogP contribution in [0.25, 0.3) is 0 Å². The van der Waals surface area contributed by atoms with Gasteiger partial charge in [-0.25, -0.2) is 28.2 Å². The summed E-state index contributed by atoms with van der Waals surface area (Å²) in [6, 6.07) is 0. The van der Waals surface area contributed by atoms with Gasteiger partial charge in [0.2, 0.25) is 15.0 Å². The molecule has 7 nitrogen and oxygen atoms in total. The third-order valence-electron chi connectivity index (χ3n) is 2.80. The van der Waals surface area contributed by atoms with Gasteiger partial charge in [0.1, 0.15) is 6.34 Å². The predicted octanol–water partition coefficient (Wildman–Crippen LogP) is 2.17. The van der Waals surface area contributed by atoms with Crippen LogP contribution in [0.4, 0.5) is 0 Å². The van der Waals surface area contributed by atoms with Crippen molar-refractivity contribution in [2.75, 3.05) is 56.4 Å². The van der Waals surface area contributed by atoms with E-state index in [4.69, 9.17) is 4.52 Å². The highest BCUT2D eigenvalue weighted by atomic mass is 31.2. The minimum Gasteiger partial charge on any atom is -0.246 e. The smallest absolute Gasteiger partial charge is 0.219 e. The molecule has 0 N–H and O–H groups in total. The lowest BCUT2D eigenvalue weighted by Crippen LogP contribution is -2.25. The average Bonchev–Trinajstić information content (AvgIpc) is 2.27. The molecule has 1 heterocycles. The fraction of sp³-hybridized carbons (Fsp3) is 0.889. The van der Waals surface area contributed by atoms with Crippen LogP contribution in [0.5, 0.6) is 0 Å². The SMILES string of the molecule is CN(C)P1(N(C)C)=NC=NP(N(C)C)(N(C)C)=N1. The van der Waals surface area contributed by atoms with Gasteiger partial charge in [0.05, 0.1) is 0 Å². The van der Waals surface area contributed by atoms with Crippen LogP contribution < -0.4 is 0 Å². The second kappa shape index (κ2) is 5.53. The molecule has 0 atom stereocenters. The van der Waals surface area contributed by atoms with Crippen molar-refractivity contribution in [3.8, 4) is 0 Å². The van der Waals surface area contributed by atoms with Gasteiger partial charge in [-0.15, -0.1) is 0 Å². The Morgan fingerprint density at radius 3 is 1.39 bits per heavy atom. The molecule has 1 aliphatic rings. The maximum Gasteiger partial charge on any atom is 0.219 e. The van der Waals surface area contributed by atoms with E-state index in [-0.39, 0.29) is 0 Å². The molecule has 0 radical (unpaired) electrons. The molecule has 0 aliphatic carbocycles. The van der Waals surface area contributed by atoms with Crippen molar-refractivity contribution in [3.05, 3.63) is 0 Å². The minimum atomic E-state index is -2.03. The first-order valence-electron chi connectivity index (χ1n) is 5.69. The summed E-state index contributed by atoms with van der Waals surface area (Å²) >= 11 is 0. The van der Waals surface area contributed by atoms with Gasteiger partial charge in [0.25, 0.3) is 0 Å². The van der Waals surface area contributed by atoms with E-state index in [1.807, 2.05) is 56.4 Å². The Bertz CT molecular complexity index is 393. The van der Waals surface area contributed by atoms with Gasteiger partial charge in [0.15, 0.2) is 0 Å². The molecule has 0 aromatic heterocycles. The molecule has 0 bridgehead atoms. The van der Waals surface area contributed by atoms with E-state index in [0.29, 0.717) is 0 Å². The van der Waals surface area contributed by atoms with Crippen molar-refractivity contribution >= 4 is 21.4 Å². The van der Waals surface area contributed by atoms with Crippen molar-refractivity contribution in [2.24, 2.45) is 14.0 Å². The molecular formula is C9H25N7P2. The van der Waals surface area contributed by atoms with Crippen LogP contribution in [-0.2, 0) is 0 Å². The molecule has 0 fully saturated rings. The molecule has 18 heavy (non-hydrogen) atoms. The van der Waals surface area contributed by atoms with E-state index in [9.17, 15) is 0 Å². The lowest BCUT2D eigenvalue weighted by Gasteiger charge is -2.40. The number of rotatable bonds is 4. The second-order valence-electron chi connectivity index (χ2n) is 4.90. The summed E-state index contributed by atoms with van der Waals surface area (Å²) < 4.78 is 22.7. The Balaban J connectivity index is 3.57. The maximum atomic E-state index is 5.10. The highest BCUT2D eigenvalue weighted by Crippen LogP contribution is 2.69. The summed E-state index contributed by atoms with van der Waals surface area (Å²) in [4.78, 5) is 0. The topological polar surface area (TPSA) is 50.0 Å². The van der Waals surface area contributed by atoms with Crippen LogP contribution in [0.15, 0.2) is 14.0 Å². The van der Waals surface area contributed by atoms with Gasteiger partial charge in [-0.2, -0.15) is 4.52 Å². The highest BCUT2D eigenvalue weighted by Gasteiger charge is 2.35. The van der Waals surface area contributed by atoms with E-state index in [0.717, 1.165) is 0 Å². The third kappa shape index (κ3) is 2.48. The normalized spacial score (nSPS) is 21.6. The molecule has 1 aliphatic heterocycles. The summed E-state index contributed by atoms with van der Waals surface area (Å²) in [5.74, 6) is 0. The summed E-state index contributed by atoms with van der Waals surface area (Å²) in [6.45, 7) is 0. The summed E-state index contributed by atoms with van der Waals surface area (Å²) in [5, 5.41) is 0. The van der Waals surface area contributed by atoms with Crippen molar-refractivity contribution in [1.82, 2.24) is 18.7 Å². The average molecular weight is 293 g/mol. The first-order chi connectivity index (χ1) is 8.19. The van der Waals surface area contributed by atoms with Gasteiger partial charge < -0.3 is 0 Å². The Morgan fingerprint density at radius 1 is 0.667 bits per heavy atom. The molecule has 0 aromatic carbocycles. The fourth-order valence-corrected chi connectivity index (χ4v) is 8.75. The monoisotopic (exact) mass is 293 g/mol. The molecule has 0 aromatic rings. The van der Waals surface area contributed by atoms with E-state index in [1.54, 1.807) is 6.34 Å². The van der Waals surface area contributed by atoms with Crippen LogP contribution in [-0.4, -0.2) is 81.4 Å². The van der Waals surface area contributed by atoms with Crippen LogP contribution in [0.1, 0.15) is 0 Å². The summed E-state index contributed by atoms with van der Waals surface area (Å²) in [6.07, 6.45) is 1.70. The lowest BCUT2D eigenvalue weighted by molar-refractivity contribution is 0.545. The first-order valence-corrected chi connectivity index (χ1v) is 8.89. The zero-order chi connectivity index (χ0) is 14.1. The van der Waals surface area contributed by atoms with Gasteiger partial charge in [-0.05, 0) is 56.4 Å². The first kappa shape index (κ1) is 16.0. The zero-order valence-corrected chi connectivity index (χ0v) is 14.4. The predicted molar refractivity (Wildman–Crippen MR) is 81.9 cm³/mol. The van der Waals surface area contributed by atoms with Crippen LogP contribution in [0.3, 0.4) is 0 Å². The van der Waals surface area contributed by atoms with Gasteiger partial charge in [0, 0.05) is 0 Å². The largest absolute Gasteiger partial charge is 0.246 e. The van der Waals surface area contributed by atoms with Gasteiger partial charge >= 0.3 is 0 Å². The Hall–Kier alpha value is -0.0300.